The van der Waals surface area contributed by atoms with Gasteiger partial charge in [-0.05, 0) is 37.0 Å². The Kier molecular flexibility index (Phi) is 4.75. The smallest absolute Gasteiger partial charge is 0.324 e. The maximum absolute atomic E-state index is 12.7. The Bertz CT molecular complexity index is 485. The molecular weight excluding hydrogens is 281 g/mol. The maximum atomic E-state index is 12.7. The van der Waals surface area contributed by atoms with E-state index >= 15 is 0 Å². The molecule has 0 radical (unpaired) electrons. The van der Waals surface area contributed by atoms with Crippen molar-refractivity contribution in [1.29, 1.82) is 0 Å². The van der Waals surface area contributed by atoms with Crippen LogP contribution in [0.1, 0.15) is 25.3 Å². The van der Waals surface area contributed by atoms with Crippen molar-refractivity contribution in [3.8, 4) is 0 Å². The molecular formula is C15H19F3N2O. The standard InChI is InChI=1S/C15H19F3N2O/c1-2-11-5-7-13(8-6-11)19-14(21)20-9-3-4-12(10-20)15(16,17)18/h5-8,12H,2-4,9-10H2,1H3,(H,19,21)/t12-/m1/s1. The van der Waals surface area contributed by atoms with Crippen LogP contribution in [0.15, 0.2) is 24.3 Å². The summed E-state index contributed by atoms with van der Waals surface area (Å²) in [5, 5.41) is 2.65. The second-order valence-corrected chi connectivity index (χ2v) is 5.31. The number of nitrogens with zero attached hydrogens (tertiary/aromatic N) is 1. The van der Waals surface area contributed by atoms with E-state index in [4.69, 9.17) is 0 Å². The van der Waals surface area contributed by atoms with E-state index in [1.54, 1.807) is 12.1 Å². The summed E-state index contributed by atoms with van der Waals surface area (Å²) in [4.78, 5) is 13.3. The molecule has 116 valence electrons. The molecule has 1 atom stereocenters. The number of rotatable bonds is 2. The van der Waals surface area contributed by atoms with Crippen LogP contribution in [0.25, 0.3) is 0 Å². The van der Waals surface area contributed by atoms with E-state index in [9.17, 15) is 18.0 Å². The average Bonchev–Trinajstić information content (AvgIpc) is 2.47. The van der Waals surface area contributed by atoms with Gasteiger partial charge in [0.1, 0.15) is 0 Å². The second kappa shape index (κ2) is 6.37. The molecule has 0 saturated carbocycles. The monoisotopic (exact) mass is 300 g/mol. The quantitative estimate of drug-likeness (QED) is 0.878. The van der Waals surface area contributed by atoms with Crippen molar-refractivity contribution >= 4 is 11.7 Å². The van der Waals surface area contributed by atoms with Crippen molar-refractivity contribution < 1.29 is 18.0 Å². The normalized spacial score (nSPS) is 19.4. The molecule has 1 fully saturated rings. The number of benzene rings is 1. The number of halogens is 3. The van der Waals surface area contributed by atoms with Crippen LogP contribution in [-0.4, -0.2) is 30.2 Å². The Labute approximate surface area is 122 Å². The summed E-state index contributed by atoms with van der Waals surface area (Å²) in [6.07, 6.45) is -2.86. The lowest BCUT2D eigenvalue weighted by Gasteiger charge is -2.33. The minimum atomic E-state index is -4.23. The lowest BCUT2D eigenvalue weighted by atomic mass is 9.98. The molecule has 0 aromatic heterocycles. The van der Waals surface area contributed by atoms with Crippen molar-refractivity contribution in [2.45, 2.75) is 32.4 Å². The van der Waals surface area contributed by atoms with Gasteiger partial charge in [-0.3, -0.25) is 0 Å². The molecule has 6 heteroatoms. The van der Waals surface area contributed by atoms with E-state index < -0.39 is 18.1 Å². The van der Waals surface area contributed by atoms with E-state index in [1.165, 1.54) is 4.90 Å². The number of anilines is 1. The average molecular weight is 300 g/mol. The number of carbonyl (C=O) groups excluding carboxylic acids is 1. The van der Waals surface area contributed by atoms with Crippen LogP contribution < -0.4 is 5.32 Å². The van der Waals surface area contributed by atoms with Crippen LogP contribution in [0.4, 0.5) is 23.7 Å². The first kappa shape index (κ1) is 15.7. The van der Waals surface area contributed by atoms with Crippen molar-refractivity contribution in [2.24, 2.45) is 5.92 Å². The number of piperidine rings is 1. The van der Waals surface area contributed by atoms with Crippen LogP contribution in [-0.2, 0) is 6.42 Å². The molecule has 0 spiro atoms. The highest BCUT2D eigenvalue weighted by atomic mass is 19.4. The predicted octanol–water partition coefficient (Wildman–Crippen LogP) is 4.06. The predicted molar refractivity (Wildman–Crippen MR) is 75.2 cm³/mol. The molecule has 0 bridgehead atoms. The lowest BCUT2D eigenvalue weighted by Crippen LogP contribution is -2.46. The third kappa shape index (κ3) is 4.12. The van der Waals surface area contributed by atoms with Crippen LogP contribution in [0.3, 0.4) is 0 Å². The SMILES string of the molecule is CCc1ccc(NC(=O)N2CCC[C@@H](C(F)(F)F)C2)cc1. The summed E-state index contributed by atoms with van der Waals surface area (Å²) in [5.74, 6) is -1.42. The Hall–Kier alpha value is -1.72. The highest BCUT2D eigenvalue weighted by Gasteiger charge is 2.42. The van der Waals surface area contributed by atoms with Gasteiger partial charge in [0.15, 0.2) is 0 Å². The number of amides is 2. The number of alkyl halides is 3. The van der Waals surface area contributed by atoms with Crippen LogP contribution in [0.2, 0.25) is 0 Å². The first-order chi connectivity index (χ1) is 9.90. The van der Waals surface area contributed by atoms with Gasteiger partial charge in [-0.15, -0.1) is 0 Å². The minimum Gasteiger partial charge on any atom is -0.324 e. The molecule has 1 aliphatic rings. The summed E-state index contributed by atoms with van der Waals surface area (Å²) < 4.78 is 38.2. The summed E-state index contributed by atoms with van der Waals surface area (Å²) >= 11 is 0. The van der Waals surface area contributed by atoms with E-state index in [0.717, 1.165) is 12.0 Å². The van der Waals surface area contributed by atoms with Crippen LogP contribution in [0, 0.1) is 5.92 Å². The molecule has 2 amide bonds. The van der Waals surface area contributed by atoms with Gasteiger partial charge >= 0.3 is 12.2 Å². The molecule has 0 unspecified atom stereocenters. The third-order valence-electron chi connectivity index (χ3n) is 3.78. The van der Waals surface area contributed by atoms with Gasteiger partial charge in [0.05, 0.1) is 5.92 Å². The van der Waals surface area contributed by atoms with Gasteiger partial charge in [0, 0.05) is 18.8 Å². The number of aryl methyl sites for hydroxylation is 1. The zero-order valence-electron chi connectivity index (χ0n) is 11.9. The summed E-state index contributed by atoms with van der Waals surface area (Å²) in [6, 6.07) is 6.85. The van der Waals surface area contributed by atoms with Crippen molar-refractivity contribution in [3.05, 3.63) is 29.8 Å². The van der Waals surface area contributed by atoms with Gasteiger partial charge in [-0.2, -0.15) is 13.2 Å². The molecule has 2 rings (SSSR count). The van der Waals surface area contributed by atoms with Gasteiger partial charge in [0.25, 0.3) is 0 Å². The molecule has 1 aromatic carbocycles. The van der Waals surface area contributed by atoms with Crippen LogP contribution in [0.5, 0.6) is 0 Å². The Morgan fingerprint density at radius 3 is 2.57 bits per heavy atom. The van der Waals surface area contributed by atoms with Gasteiger partial charge in [-0.25, -0.2) is 4.79 Å². The number of likely N-dealkylation sites (tertiary alicyclic amines) is 1. The summed E-state index contributed by atoms with van der Waals surface area (Å²) in [6.45, 7) is 2.13. The maximum Gasteiger partial charge on any atom is 0.393 e. The number of nitrogens with one attached hydrogen (secondary N) is 1. The molecule has 1 heterocycles. The molecule has 21 heavy (non-hydrogen) atoms. The molecule has 0 aliphatic carbocycles. The highest BCUT2D eigenvalue weighted by molar-refractivity contribution is 5.89. The van der Waals surface area contributed by atoms with Crippen molar-refractivity contribution in [1.82, 2.24) is 4.90 Å². The summed E-state index contributed by atoms with van der Waals surface area (Å²) in [7, 11) is 0. The molecule has 1 N–H and O–H groups in total. The number of urea groups is 1. The second-order valence-electron chi connectivity index (χ2n) is 5.31. The zero-order valence-corrected chi connectivity index (χ0v) is 11.9. The van der Waals surface area contributed by atoms with Gasteiger partial charge in [0.2, 0.25) is 0 Å². The fourth-order valence-electron chi connectivity index (χ4n) is 2.46. The third-order valence-corrected chi connectivity index (χ3v) is 3.78. The van der Waals surface area contributed by atoms with E-state index in [-0.39, 0.29) is 13.0 Å². The highest BCUT2D eigenvalue weighted by Crippen LogP contribution is 2.33. The molecule has 1 saturated heterocycles. The van der Waals surface area contributed by atoms with Crippen LogP contribution >= 0.6 is 0 Å². The van der Waals surface area contributed by atoms with Crippen molar-refractivity contribution in [3.63, 3.8) is 0 Å². The van der Waals surface area contributed by atoms with E-state index in [0.29, 0.717) is 18.7 Å². The number of hydrogen-bond acceptors (Lipinski definition) is 1. The molecule has 3 nitrogen and oxygen atoms in total. The number of carbonyl (C=O) groups is 1. The largest absolute Gasteiger partial charge is 0.393 e. The van der Waals surface area contributed by atoms with Gasteiger partial charge < -0.3 is 10.2 Å². The minimum absolute atomic E-state index is 0.0957. The number of hydrogen-bond donors (Lipinski definition) is 1. The zero-order chi connectivity index (χ0) is 15.5. The fourth-order valence-corrected chi connectivity index (χ4v) is 2.46. The fraction of sp³-hybridized carbons (Fsp3) is 0.533. The van der Waals surface area contributed by atoms with Gasteiger partial charge in [-0.1, -0.05) is 19.1 Å². The summed E-state index contributed by atoms with van der Waals surface area (Å²) in [5.41, 5.74) is 1.74. The van der Waals surface area contributed by atoms with E-state index in [1.807, 2.05) is 19.1 Å². The Morgan fingerprint density at radius 2 is 2.00 bits per heavy atom. The lowest BCUT2D eigenvalue weighted by molar-refractivity contribution is -0.183. The first-order valence-electron chi connectivity index (χ1n) is 7.11. The topological polar surface area (TPSA) is 32.3 Å². The first-order valence-corrected chi connectivity index (χ1v) is 7.11. The van der Waals surface area contributed by atoms with Crippen molar-refractivity contribution in [2.75, 3.05) is 18.4 Å². The van der Waals surface area contributed by atoms with E-state index in [2.05, 4.69) is 5.32 Å². The Morgan fingerprint density at radius 1 is 1.33 bits per heavy atom. The Balaban J connectivity index is 1.96. The molecule has 1 aliphatic heterocycles. The molecule has 1 aromatic rings.